The number of hydrogen-bond donors (Lipinski definition) is 1. The van der Waals surface area contributed by atoms with E-state index in [0.29, 0.717) is 10.9 Å². The topological polar surface area (TPSA) is 73.0 Å². The molecule has 1 amide bonds. The number of thioether (sulfide) groups is 1. The summed E-state index contributed by atoms with van der Waals surface area (Å²) in [5, 5.41) is 12.2. The van der Waals surface area contributed by atoms with Crippen molar-refractivity contribution >= 4 is 17.7 Å². The molecule has 142 valence electrons. The molecule has 0 saturated carbocycles. The van der Waals surface area contributed by atoms with E-state index in [9.17, 15) is 4.79 Å². The second kappa shape index (κ2) is 8.43. The molecule has 0 bridgehead atoms. The lowest BCUT2D eigenvalue weighted by atomic mass is 10.0. The Kier molecular flexibility index (Phi) is 6.01. The highest BCUT2D eigenvalue weighted by atomic mass is 32.2. The minimum absolute atomic E-state index is 0.0161. The lowest BCUT2D eigenvalue weighted by Crippen LogP contribution is -2.29. The van der Waals surface area contributed by atoms with E-state index in [1.54, 1.807) is 6.26 Å². The van der Waals surface area contributed by atoms with Gasteiger partial charge in [-0.3, -0.25) is 4.79 Å². The van der Waals surface area contributed by atoms with Crippen LogP contribution in [0.25, 0.3) is 11.4 Å². The Morgan fingerprint density at radius 2 is 1.96 bits per heavy atom. The molecule has 0 saturated heterocycles. The van der Waals surface area contributed by atoms with Crippen LogP contribution in [0.2, 0.25) is 0 Å². The average molecular weight is 385 g/mol. The molecular formula is C20H24N4O2S. The van der Waals surface area contributed by atoms with Gasteiger partial charge < -0.3 is 14.3 Å². The first-order chi connectivity index (χ1) is 13.0. The fourth-order valence-electron chi connectivity index (χ4n) is 2.88. The molecule has 0 radical (unpaired) electrons. The van der Waals surface area contributed by atoms with Gasteiger partial charge in [0.25, 0.3) is 0 Å². The predicted molar refractivity (Wildman–Crippen MR) is 107 cm³/mol. The zero-order valence-corrected chi connectivity index (χ0v) is 16.8. The van der Waals surface area contributed by atoms with Crippen LogP contribution >= 0.6 is 11.8 Å². The van der Waals surface area contributed by atoms with Crippen LogP contribution in [-0.4, -0.2) is 26.4 Å². The third-order valence-corrected chi connectivity index (χ3v) is 5.51. The first kappa shape index (κ1) is 19.2. The molecular weight excluding hydrogens is 360 g/mol. The largest absolute Gasteiger partial charge is 0.469 e. The lowest BCUT2D eigenvalue weighted by Gasteiger charge is -2.17. The Labute approximate surface area is 163 Å². The molecule has 7 heteroatoms. The van der Waals surface area contributed by atoms with Crippen LogP contribution in [0.3, 0.4) is 0 Å². The number of carbonyl (C=O) groups is 1. The maximum Gasteiger partial charge on any atom is 0.230 e. The van der Waals surface area contributed by atoms with E-state index in [0.717, 1.165) is 29.1 Å². The summed E-state index contributed by atoms with van der Waals surface area (Å²) in [4.78, 5) is 12.4. The fourth-order valence-corrected chi connectivity index (χ4v) is 3.60. The second-order valence-electron chi connectivity index (χ2n) is 6.48. The lowest BCUT2D eigenvalue weighted by molar-refractivity contribution is -0.119. The number of benzene rings is 1. The molecule has 0 unspecified atom stereocenters. The van der Waals surface area contributed by atoms with Gasteiger partial charge in [-0.2, -0.15) is 0 Å². The predicted octanol–water partition coefficient (Wildman–Crippen LogP) is 4.05. The van der Waals surface area contributed by atoms with Crippen LogP contribution in [0, 0.1) is 13.8 Å². The van der Waals surface area contributed by atoms with Crippen LogP contribution < -0.4 is 5.32 Å². The molecule has 1 atom stereocenters. The summed E-state index contributed by atoms with van der Waals surface area (Å²) in [7, 11) is 1.89. The Morgan fingerprint density at radius 3 is 2.59 bits per heavy atom. The van der Waals surface area contributed by atoms with E-state index < -0.39 is 0 Å². The first-order valence-electron chi connectivity index (χ1n) is 8.92. The van der Waals surface area contributed by atoms with E-state index in [1.165, 1.54) is 17.3 Å². The molecule has 0 aliphatic heterocycles. The van der Waals surface area contributed by atoms with Gasteiger partial charge >= 0.3 is 0 Å². The van der Waals surface area contributed by atoms with Crippen LogP contribution in [-0.2, 0) is 11.8 Å². The number of aryl methyl sites for hydroxylation is 2. The minimum Gasteiger partial charge on any atom is -0.469 e. The van der Waals surface area contributed by atoms with Crippen molar-refractivity contribution in [1.29, 1.82) is 0 Å². The molecule has 2 heterocycles. The number of nitrogens with one attached hydrogen (secondary N) is 1. The summed E-state index contributed by atoms with van der Waals surface area (Å²) in [6.45, 7) is 6.01. The Hall–Kier alpha value is -2.54. The van der Waals surface area contributed by atoms with Crippen molar-refractivity contribution in [3.05, 3.63) is 53.5 Å². The number of amides is 1. The van der Waals surface area contributed by atoms with Gasteiger partial charge in [-0.1, -0.05) is 48.5 Å². The fraction of sp³-hybridized carbons (Fsp3) is 0.350. The normalized spacial score (nSPS) is 12.1. The number of carbonyl (C=O) groups excluding carboxylic acids is 1. The Balaban J connectivity index is 1.61. The first-order valence-corrected chi connectivity index (χ1v) is 9.90. The Bertz CT molecular complexity index is 914. The highest BCUT2D eigenvalue weighted by Gasteiger charge is 2.17. The van der Waals surface area contributed by atoms with Crippen LogP contribution in [0.4, 0.5) is 0 Å². The van der Waals surface area contributed by atoms with E-state index in [-0.39, 0.29) is 11.9 Å². The van der Waals surface area contributed by atoms with Gasteiger partial charge in [0.15, 0.2) is 11.0 Å². The van der Waals surface area contributed by atoms with Gasteiger partial charge in [-0.15, -0.1) is 10.2 Å². The van der Waals surface area contributed by atoms with Crippen molar-refractivity contribution < 1.29 is 9.21 Å². The molecule has 27 heavy (non-hydrogen) atoms. The summed E-state index contributed by atoms with van der Waals surface area (Å²) in [5.41, 5.74) is 3.24. The summed E-state index contributed by atoms with van der Waals surface area (Å²) in [6, 6.07) is 10.2. The number of rotatable bonds is 7. The monoisotopic (exact) mass is 384 g/mol. The zero-order chi connectivity index (χ0) is 19.4. The SMILES string of the molecule is CC[C@@H](NC(=O)CSc1nnc(-c2ccoc2C)n1C)c1ccc(C)cc1. The molecule has 2 aromatic heterocycles. The van der Waals surface area contributed by atoms with Gasteiger partial charge in [0.05, 0.1) is 23.6 Å². The quantitative estimate of drug-likeness (QED) is 0.622. The van der Waals surface area contributed by atoms with Crippen molar-refractivity contribution in [2.45, 2.75) is 38.4 Å². The third kappa shape index (κ3) is 4.42. The Morgan fingerprint density at radius 1 is 1.22 bits per heavy atom. The van der Waals surface area contributed by atoms with E-state index in [4.69, 9.17) is 4.42 Å². The van der Waals surface area contributed by atoms with Crippen molar-refractivity contribution in [3.8, 4) is 11.4 Å². The van der Waals surface area contributed by atoms with Crippen molar-refractivity contribution in [2.75, 3.05) is 5.75 Å². The molecule has 1 aromatic carbocycles. The number of hydrogen-bond acceptors (Lipinski definition) is 5. The number of aromatic nitrogens is 3. The van der Waals surface area contributed by atoms with Crippen LogP contribution in [0.15, 0.2) is 46.2 Å². The second-order valence-corrected chi connectivity index (χ2v) is 7.43. The summed E-state index contributed by atoms with van der Waals surface area (Å²) < 4.78 is 7.22. The minimum atomic E-state index is -0.0172. The van der Waals surface area contributed by atoms with Gasteiger partial charge in [-0.25, -0.2) is 0 Å². The molecule has 0 aliphatic rings. The van der Waals surface area contributed by atoms with Crippen molar-refractivity contribution in [1.82, 2.24) is 20.1 Å². The summed E-state index contributed by atoms with van der Waals surface area (Å²) >= 11 is 1.38. The van der Waals surface area contributed by atoms with Crippen LogP contribution in [0.5, 0.6) is 0 Å². The standard InChI is InChI=1S/C20H24N4O2S/c1-5-17(15-8-6-13(2)7-9-15)21-18(25)12-27-20-23-22-19(24(20)4)16-10-11-26-14(16)3/h6-11,17H,5,12H2,1-4H3,(H,21,25)/t17-/m1/s1. The van der Waals surface area contributed by atoms with E-state index >= 15 is 0 Å². The highest BCUT2D eigenvalue weighted by molar-refractivity contribution is 7.99. The molecule has 0 aliphatic carbocycles. The molecule has 6 nitrogen and oxygen atoms in total. The maximum atomic E-state index is 12.4. The van der Waals surface area contributed by atoms with Gasteiger partial charge in [0, 0.05) is 7.05 Å². The van der Waals surface area contributed by atoms with Gasteiger partial charge in [0.1, 0.15) is 5.76 Å². The number of furan rings is 1. The van der Waals surface area contributed by atoms with Crippen molar-refractivity contribution in [2.24, 2.45) is 7.05 Å². The maximum absolute atomic E-state index is 12.4. The molecule has 1 N–H and O–H groups in total. The van der Waals surface area contributed by atoms with E-state index in [1.807, 2.05) is 24.6 Å². The molecule has 0 spiro atoms. The molecule has 0 fully saturated rings. The smallest absolute Gasteiger partial charge is 0.230 e. The number of nitrogens with zero attached hydrogens (tertiary/aromatic N) is 3. The zero-order valence-electron chi connectivity index (χ0n) is 16.0. The average Bonchev–Trinajstić information content (AvgIpc) is 3.24. The molecule has 3 rings (SSSR count). The summed E-state index contributed by atoms with van der Waals surface area (Å²) in [5.74, 6) is 1.80. The van der Waals surface area contributed by atoms with Gasteiger partial charge in [-0.05, 0) is 31.9 Å². The molecule has 3 aromatic rings. The van der Waals surface area contributed by atoms with Crippen molar-refractivity contribution in [3.63, 3.8) is 0 Å². The third-order valence-electron chi connectivity index (χ3n) is 4.49. The summed E-state index contributed by atoms with van der Waals surface area (Å²) in [6.07, 6.45) is 2.48. The highest BCUT2D eigenvalue weighted by Crippen LogP contribution is 2.26. The van der Waals surface area contributed by atoms with Gasteiger partial charge in [0.2, 0.25) is 5.91 Å². The van der Waals surface area contributed by atoms with Crippen LogP contribution in [0.1, 0.15) is 36.3 Å². The van der Waals surface area contributed by atoms with E-state index in [2.05, 4.69) is 53.6 Å².